The fourth-order valence-electron chi connectivity index (χ4n) is 4.29. The van der Waals surface area contributed by atoms with Crippen molar-refractivity contribution in [2.45, 2.75) is 50.0 Å². The third-order valence-corrected chi connectivity index (χ3v) is 5.98. The second kappa shape index (κ2) is 8.29. The zero-order valence-electron chi connectivity index (χ0n) is 16.3. The second-order valence-electron chi connectivity index (χ2n) is 7.97. The molecular formula is C24H25FN2O2. The first kappa shape index (κ1) is 19.5. The van der Waals surface area contributed by atoms with Gasteiger partial charge in [0.1, 0.15) is 5.82 Å². The zero-order valence-corrected chi connectivity index (χ0v) is 16.3. The number of aromatic nitrogens is 1. The van der Waals surface area contributed by atoms with E-state index in [1.165, 1.54) is 35.2 Å². The van der Waals surface area contributed by atoms with Gasteiger partial charge in [-0.15, -0.1) is 0 Å². The normalized spacial score (nSPS) is 21.8. The SMILES string of the molecule is O=C(CCC1(O)CCC(c2ccnc3ccccc23)CC1)Nc1ccc(F)cc1. The van der Waals surface area contributed by atoms with Gasteiger partial charge in [-0.3, -0.25) is 9.78 Å². The average Bonchev–Trinajstić information content (AvgIpc) is 2.74. The minimum atomic E-state index is -0.806. The van der Waals surface area contributed by atoms with E-state index in [0.717, 1.165) is 18.4 Å². The van der Waals surface area contributed by atoms with Gasteiger partial charge in [0.2, 0.25) is 5.91 Å². The van der Waals surface area contributed by atoms with Crippen LogP contribution in [0.1, 0.15) is 50.0 Å². The maximum Gasteiger partial charge on any atom is 0.224 e. The molecule has 1 aliphatic rings. The van der Waals surface area contributed by atoms with Crippen molar-refractivity contribution < 1.29 is 14.3 Å². The van der Waals surface area contributed by atoms with Gasteiger partial charge >= 0.3 is 0 Å². The molecule has 1 saturated carbocycles. The molecule has 4 nitrogen and oxygen atoms in total. The molecule has 1 amide bonds. The summed E-state index contributed by atoms with van der Waals surface area (Å²) in [4.78, 5) is 16.6. The number of halogens is 1. The Hall–Kier alpha value is -2.79. The van der Waals surface area contributed by atoms with Crippen LogP contribution in [0.5, 0.6) is 0 Å². The Labute approximate surface area is 169 Å². The summed E-state index contributed by atoms with van der Waals surface area (Å²) in [5.74, 6) is -0.0976. The molecule has 4 rings (SSSR count). The molecule has 1 aromatic heterocycles. The molecule has 2 aromatic carbocycles. The van der Waals surface area contributed by atoms with Gasteiger partial charge in [0.15, 0.2) is 0 Å². The van der Waals surface area contributed by atoms with Crippen LogP contribution in [0.3, 0.4) is 0 Å². The van der Waals surface area contributed by atoms with E-state index in [1.807, 2.05) is 24.4 Å². The highest BCUT2D eigenvalue weighted by Gasteiger charge is 2.34. The van der Waals surface area contributed by atoms with Gasteiger partial charge in [-0.25, -0.2) is 4.39 Å². The lowest BCUT2D eigenvalue weighted by atomic mass is 9.74. The maximum absolute atomic E-state index is 13.0. The Balaban J connectivity index is 1.33. The minimum Gasteiger partial charge on any atom is -0.390 e. The number of hydrogen-bond acceptors (Lipinski definition) is 3. The number of hydrogen-bond donors (Lipinski definition) is 2. The summed E-state index contributed by atoms with van der Waals surface area (Å²) in [6.45, 7) is 0. The number of amides is 1. The van der Waals surface area contributed by atoms with Crippen molar-refractivity contribution >= 4 is 22.5 Å². The van der Waals surface area contributed by atoms with Crippen molar-refractivity contribution in [3.05, 3.63) is 72.2 Å². The second-order valence-corrected chi connectivity index (χ2v) is 7.97. The van der Waals surface area contributed by atoms with Crippen LogP contribution in [0, 0.1) is 5.82 Å². The van der Waals surface area contributed by atoms with E-state index in [1.54, 1.807) is 0 Å². The van der Waals surface area contributed by atoms with Gasteiger partial charge in [-0.05, 0) is 80.0 Å². The van der Waals surface area contributed by atoms with E-state index >= 15 is 0 Å². The quantitative estimate of drug-likeness (QED) is 0.629. The highest BCUT2D eigenvalue weighted by atomic mass is 19.1. The number of fused-ring (bicyclic) bond motifs is 1. The van der Waals surface area contributed by atoms with Crippen LogP contribution in [0.2, 0.25) is 0 Å². The number of para-hydroxylation sites is 1. The molecule has 0 saturated heterocycles. The first-order chi connectivity index (χ1) is 14.0. The van der Waals surface area contributed by atoms with Crippen molar-refractivity contribution in [1.29, 1.82) is 0 Å². The molecule has 0 bridgehead atoms. The lowest BCUT2D eigenvalue weighted by Crippen LogP contribution is -2.34. The molecular weight excluding hydrogens is 367 g/mol. The summed E-state index contributed by atoms with van der Waals surface area (Å²) in [5.41, 5.74) is 2.06. The molecule has 150 valence electrons. The number of pyridine rings is 1. The predicted octanol–water partition coefficient (Wildman–Crippen LogP) is 5.18. The first-order valence-corrected chi connectivity index (χ1v) is 10.1. The van der Waals surface area contributed by atoms with Crippen LogP contribution in [-0.2, 0) is 4.79 Å². The molecule has 0 spiro atoms. The molecule has 3 aromatic rings. The van der Waals surface area contributed by atoms with E-state index in [9.17, 15) is 14.3 Å². The molecule has 0 aliphatic heterocycles. The summed E-state index contributed by atoms with van der Waals surface area (Å²) in [5, 5.41) is 14.9. The largest absolute Gasteiger partial charge is 0.390 e. The Morgan fingerprint density at radius 1 is 1.10 bits per heavy atom. The molecule has 0 atom stereocenters. The monoisotopic (exact) mass is 392 g/mol. The third kappa shape index (κ3) is 4.62. The van der Waals surface area contributed by atoms with Crippen LogP contribution in [-0.4, -0.2) is 21.6 Å². The van der Waals surface area contributed by atoms with Gasteiger partial charge < -0.3 is 10.4 Å². The van der Waals surface area contributed by atoms with Crippen LogP contribution < -0.4 is 5.32 Å². The van der Waals surface area contributed by atoms with Crippen molar-refractivity contribution in [2.75, 3.05) is 5.32 Å². The standard InChI is InChI=1S/C24H25FN2O2/c25-18-5-7-19(8-6-18)27-23(28)11-15-24(29)13-9-17(10-14-24)20-12-16-26-22-4-2-1-3-21(20)22/h1-8,12,16-17,29H,9-11,13-15H2,(H,27,28). The Morgan fingerprint density at radius 2 is 1.83 bits per heavy atom. The fourth-order valence-corrected chi connectivity index (χ4v) is 4.29. The molecule has 0 radical (unpaired) electrons. The fraction of sp³-hybridized carbons (Fsp3) is 0.333. The van der Waals surface area contributed by atoms with Crippen molar-refractivity contribution in [3.8, 4) is 0 Å². The van der Waals surface area contributed by atoms with E-state index in [2.05, 4.69) is 22.4 Å². The molecule has 2 N–H and O–H groups in total. The molecule has 29 heavy (non-hydrogen) atoms. The highest BCUT2D eigenvalue weighted by Crippen LogP contribution is 2.41. The van der Waals surface area contributed by atoms with Crippen LogP contribution in [0.25, 0.3) is 10.9 Å². The first-order valence-electron chi connectivity index (χ1n) is 10.1. The highest BCUT2D eigenvalue weighted by molar-refractivity contribution is 5.90. The number of anilines is 1. The third-order valence-electron chi connectivity index (χ3n) is 5.98. The van der Waals surface area contributed by atoms with E-state index in [4.69, 9.17) is 0 Å². The maximum atomic E-state index is 13.0. The van der Waals surface area contributed by atoms with E-state index < -0.39 is 5.60 Å². The Morgan fingerprint density at radius 3 is 2.59 bits per heavy atom. The number of aliphatic hydroxyl groups is 1. The smallest absolute Gasteiger partial charge is 0.224 e. The van der Waals surface area contributed by atoms with Crippen LogP contribution >= 0.6 is 0 Å². The number of nitrogens with zero attached hydrogens (tertiary/aromatic N) is 1. The van der Waals surface area contributed by atoms with Gasteiger partial charge in [0.25, 0.3) is 0 Å². The van der Waals surface area contributed by atoms with E-state index in [-0.39, 0.29) is 18.1 Å². The van der Waals surface area contributed by atoms with Crippen molar-refractivity contribution in [3.63, 3.8) is 0 Å². The van der Waals surface area contributed by atoms with Crippen molar-refractivity contribution in [1.82, 2.24) is 4.98 Å². The number of nitrogens with one attached hydrogen (secondary N) is 1. The molecule has 0 unspecified atom stereocenters. The minimum absolute atomic E-state index is 0.160. The number of rotatable bonds is 5. The summed E-state index contributed by atoms with van der Waals surface area (Å²) in [7, 11) is 0. The van der Waals surface area contributed by atoms with Crippen LogP contribution in [0.4, 0.5) is 10.1 Å². The predicted molar refractivity (Wildman–Crippen MR) is 112 cm³/mol. The lowest BCUT2D eigenvalue weighted by Gasteiger charge is -2.36. The van der Waals surface area contributed by atoms with Gasteiger partial charge in [0.05, 0.1) is 11.1 Å². The topological polar surface area (TPSA) is 62.2 Å². The molecule has 1 fully saturated rings. The van der Waals surface area contributed by atoms with Crippen molar-refractivity contribution in [2.24, 2.45) is 0 Å². The van der Waals surface area contributed by atoms with Gasteiger partial charge in [-0.2, -0.15) is 0 Å². The number of benzene rings is 2. The molecule has 1 aliphatic carbocycles. The number of carbonyl (C=O) groups excluding carboxylic acids is 1. The van der Waals surface area contributed by atoms with Crippen LogP contribution in [0.15, 0.2) is 60.8 Å². The summed E-state index contributed by atoms with van der Waals surface area (Å²) < 4.78 is 13.0. The molecule has 5 heteroatoms. The Bertz CT molecular complexity index is 990. The summed E-state index contributed by atoms with van der Waals surface area (Å²) in [6.07, 6.45) is 5.68. The molecule has 1 heterocycles. The van der Waals surface area contributed by atoms with Gasteiger partial charge in [0, 0.05) is 23.7 Å². The summed E-state index contributed by atoms with van der Waals surface area (Å²) >= 11 is 0. The number of carbonyl (C=O) groups is 1. The van der Waals surface area contributed by atoms with Gasteiger partial charge in [-0.1, -0.05) is 18.2 Å². The van der Waals surface area contributed by atoms with E-state index in [0.29, 0.717) is 30.9 Å². The lowest BCUT2D eigenvalue weighted by molar-refractivity contribution is -0.118. The summed E-state index contributed by atoms with van der Waals surface area (Å²) in [6, 6.07) is 15.9. The zero-order chi connectivity index (χ0) is 20.3. The Kier molecular flexibility index (Phi) is 5.58. The average molecular weight is 392 g/mol.